The maximum atomic E-state index is 5.64. The van der Waals surface area contributed by atoms with Crippen LogP contribution in [0.25, 0.3) is 0 Å². The van der Waals surface area contributed by atoms with Crippen LogP contribution in [0.5, 0.6) is 0 Å². The van der Waals surface area contributed by atoms with Crippen molar-refractivity contribution < 1.29 is 9.15 Å². The highest BCUT2D eigenvalue weighted by atomic mass is 16.5. The first-order valence-electron chi connectivity index (χ1n) is 6.33. The van der Waals surface area contributed by atoms with Crippen molar-refractivity contribution in [3.05, 3.63) is 5.89 Å². The van der Waals surface area contributed by atoms with Crippen molar-refractivity contribution in [1.29, 1.82) is 0 Å². The van der Waals surface area contributed by atoms with E-state index in [9.17, 15) is 0 Å². The van der Waals surface area contributed by atoms with Crippen molar-refractivity contribution in [1.82, 2.24) is 15.5 Å². The summed E-state index contributed by atoms with van der Waals surface area (Å²) in [5, 5.41) is 11.5. The Morgan fingerprint density at radius 3 is 2.83 bits per heavy atom. The Labute approximate surface area is 108 Å². The first-order valence-corrected chi connectivity index (χ1v) is 6.33. The van der Waals surface area contributed by atoms with Crippen molar-refractivity contribution in [2.75, 3.05) is 25.1 Å². The van der Waals surface area contributed by atoms with Crippen LogP contribution >= 0.6 is 0 Å². The van der Waals surface area contributed by atoms with Gasteiger partial charge in [-0.05, 0) is 27.2 Å². The van der Waals surface area contributed by atoms with Gasteiger partial charge in [0.1, 0.15) is 0 Å². The predicted octanol–water partition coefficient (Wildman–Crippen LogP) is 1.18. The van der Waals surface area contributed by atoms with Crippen molar-refractivity contribution >= 4 is 6.01 Å². The summed E-state index contributed by atoms with van der Waals surface area (Å²) in [5.74, 6) is 0.626. The molecule has 0 saturated carbocycles. The van der Waals surface area contributed by atoms with Crippen molar-refractivity contribution in [2.24, 2.45) is 0 Å². The number of hydrogen-bond acceptors (Lipinski definition) is 6. The zero-order valence-electron chi connectivity index (χ0n) is 11.6. The summed E-state index contributed by atoms with van der Waals surface area (Å²) < 4.78 is 11.0. The highest BCUT2D eigenvalue weighted by molar-refractivity contribution is 5.26. The number of methoxy groups -OCH3 is 1. The first-order chi connectivity index (χ1) is 8.48. The van der Waals surface area contributed by atoms with E-state index >= 15 is 0 Å². The van der Waals surface area contributed by atoms with Crippen LogP contribution in [-0.2, 0) is 11.3 Å². The normalized spacial score (nSPS) is 20.7. The van der Waals surface area contributed by atoms with Crippen LogP contribution < -0.4 is 10.2 Å². The molecule has 1 aliphatic rings. The fourth-order valence-electron chi connectivity index (χ4n) is 1.88. The van der Waals surface area contributed by atoms with E-state index in [0.717, 1.165) is 19.5 Å². The number of ether oxygens (including phenoxy) is 1. The molecule has 0 amide bonds. The van der Waals surface area contributed by atoms with Crippen molar-refractivity contribution in [2.45, 2.75) is 45.4 Å². The molecule has 0 spiro atoms. The van der Waals surface area contributed by atoms with Gasteiger partial charge in [-0.25, -0.2) is 0 Å². The Hall–Kier alpha value is -1.14. The maximum absolute atomic E-state index is 5.64. The van der Waals surface area contributed by atoms with E-state index in [1.165, 1.54) is 0 Å². The molecule has 2 rings (SSSR count). The van der Waals surface area contributed by atoms with Gasteiger partial charge in [-0.3, -0.25) is 0 Å². The molecule has 1 fully saturated rings. The molecule has 1 saturated heterocycles. The van der Waals surface area contributed by atoms with Crippen molar-refractivity contribution in [3.63, 3.8) is 0 Å². The topological polar surface area (TPSA) is 63.4 Å². The average molecular weight is 254 g/mol. The second-order valence-electron chi connectivity index (χ2n) is 5.67. The van der Waals surface area contributed by atoms with E-state index in [1.54, 1.807) is 7.11 Å². The molecular formula is C12H22N4O2. The molecule has 0 bridgehead atoms. The molecule has 18 heavy (non-hydrogen) atoms. The lowest BCUT2D eigenvalue weighted by molar-refractivity contribution is 0.120. The van der Waals surface area contributed by atoms with E-state index in [2.05, 4.69) is 41.2 Å². The van der Waals surface area contributed by atoms with E-state index in [1.807, 2.05) is 0 Å². The summed E-state index contributed by atoms with van der Waals surface area (Å²) in [6, 6.07) is 0.597. The number of rotatable bonds is 4. The second-order valence-corrected chi connectivity index (χ2v) is 5.67. The molecular weight excluding hydrogens is 232 g/mol. The minimum absolute atomic E-state index is 0.0451. The van der Waals surface area contributed by atoms with Gasteiger partial charge in [-0.1, -0.05) is 5.10 Å². The van der Waals surface area contributed by atoms with Gasteiger partial charge in [0.25, 0.3) is 0 Å². The molecule has 102 valence electrons. The van der Waals surface area contributed by atoms with Crippen LogP contribution in [0.3, 0.4) is 0 Å². The fourth-order valence-corrected chi connectivity index (χ4v) is 1.88. The lowest BCUT2D eigenvalue weighted by Crippen LogP contribution is -2.35. The smallest absolute Gasteiger partial charge is 0.318 e. The Balaban J connectivity index is 1.90. The third-order valence-corrected chi connectivity index (χ3v) is 2.97. The van der Waals surface area contributed by atoms with Gasteiger partial charge in [0, 0.05) is 25.7 Å². The third kappa shape index (κ3) is 3.43. The highest BCUT2D eigenvalue weighted by Gasteiger charge is 2.26. The lowest BCUT2D eigenvalue weighted by Gasteiger charge is -2.18. The third-order valence-electron chi connectivity index (χ3n) is 2.97. The van der Waals surface area contributed by atoms with E-state index in [4.69, 9.17) is 9.15 Å². The molecule has 6 nitrogen and oxygen atoms in total. The van der Waals surface area contributed by atoms with Gasteiger partial charge in [-0.2, -0.15) is 0 Å². The number of nitrogens with one attached hydrogen (secondary N) is 1. The Morgan fingerprint density at radius 2 is 2.22 bits per heavy atom. The fraction of sp³-hybridized carbons (Fsp3) is 0.833. The first kappa shape index (κ1) is 13.3. The molecule has 0 aliphatic carbocycles. The van der Waals surface area contributed by atoms with E-state index in [0.29, 0.717) is 18.5 Å². The molecule has 1 aliphatic heterocycles. The van der Waals surface area contributed by atoms with Gasteiger partial charge < -0.3 is 19.4 Å². The van der Waals surface area contributed by atoms with Crippen molar-refractivity contribution in [3.8, 4) is 0 Å². The Kier molecular flexibility index (Phi) is 3.87. The average Bonchev–Trinajstić information content (AvgIpc) is 2.94. The predicted molar refractivity (Wildman–Crippen MR) is 68.5 cm³/mol. The summed E-state index contributed by atoms with van der Waals surface area (Å²) in [6.45, 7) is 8.64. The van der Waals surface area contributed by atoms with Gasteiger partial charge in [-0.15, -0.1) is 5.10 Å². The van der Waals surface area contributed by atoms with Gasteiger partial charge in [0.2, 0.25) is 5.89 Å². The van der Waals surface area contributed by atoms with Crippen LogP contribution in [-0.4, -0.2) is 42.0 Å². The SMILES string of the molecule is COC1CCN(c2nnc(CNC(C)(C)C)o2)C1. The number of nitrogens with zero attached hydrogens (tertiary/aromatic N) is 3. The number of aromatic nitrogens is 2. The minimum atomic E-state index is 0.0451. The molecule has 2 heterocycles. The van der Waals surface area contributed by atoms with Crippen LogP contribution in [0, 0.1) is 0 Å². The minimum Gasteiger partial charge on any atom is -0.407 e. The zero-order valence-corrected chi connectivity index (χ0v) is 11.6. The molecule has 1 aromatic heterocycles. The molecule has 1 aromatic rings. The highest BCUT2D eigenvalue weighted by Crippen LogP contribution is 2.20. The molecule has 1 N–H and O–H groups in total. The Morgan fingerprint density at radius 1 is 1.44 bits per heavy atom. The van der Waals surface area contributed by atoms with Gasteiger partial charge in [0.15, 0.2) is 0 Å². The maximum Gasteiger partial charge on any atom is 0.318 e. The zero-order chi connectivity index (χ0) is 13.2. The van der Waals surface area contributed by atoms with Gasteiger partial charge >= 0.3 is 6.01 Å². The van der Waals surface area contributed by atoms with Crippen LogP contribution in [0.4, 0.5) is 6.01 Å². The largest absolute Gasteiger partial charge is 0.407 e. The summed E-state index contributed by atoms with van der Waals surface area (Å²) in [6.07, 6.45) is 1.28. The quantitative estimate of drug-likeness (QED) is 0.870. The van der Waals surface area contributed by atoms with Crippen LogP contribution in [0.1, 0.15) is 33.1 Å². The van der Waals surface area contributed by atoms with E-state index in [-0.39, 0.29) is 11.6 Å². The number of hydrogen-bond donors (Lipinski definition) is 1. The lowest BCUT2D eigenvalue weighted by atomic mass is 10.1. The monoisotopic (exact) mass is 254 g/mol. The van der Waals surface area contributed by atoms with E-state index < -0.39 is 0 Å². The van der Waals surface area contributed by atoms with Crippen LogP contribution in [0.15, 0.2) is 4.42 Å². The van der Waals surface area contributed by atoms with Gasteiger partial charge in [0.05, 0.1) is 12.6 Å². The molecule has 0 aromatic carbocycles. The summed E-state index contributed by atoms with van der Waals surface area (Å²) in [4.78, 5) is 2.07. The second kappa shape index (κ2) is 5.24. The molecule has 1 atom stereocenters. The summed E-state index contributed by atoms with van der Waals surface area (Å²) in [7, 11) is 1.74. The molecule has 0 radical (unpaired) electrons. The molecule has 1 unspecified atom stereocenters. The van der Waals surface area contributed by atoms with Crippen LogP contribution in [0.2, 0.25) is 0 Å². The summed E-state index contributed by atoms with van der Waals surface area (Å²) in [5.41, 5.74) is 0.0451. The molecule has 6 heteroatoms. The standard InChI is InChI=1S/C12H22N4O2/c1-12(2,3)13-7-10-14-15-11(18-10)16-6-5-9(8-16)17-4/h9,13H,5-8H2,1-4H3. The Bertz CT molecular complexity index is 386. The summed E-state index contributed by atoms with van der Waals surface area (Å²) >= 11 is 0. The number of anilines is 1.